The molecule has 0 saturated carbocycles. The van der Waals surface area contributed by atoms with E-state index in [0.29, 0.717) is 5.25 Å². The summed E-state index contributed by atoms with van der Waals surface area (Å²) in [5, 5.41) is 0.382. The second kappa shape index (κ2) is 5.05. The minimum absolute atomic E-state index is 0.382. The summed E-state index contributed by atoms with van der Waals surface area (Å²) in [6, 6.07) is 0. The zero-order valence-electron chi connectivity index (χ0n) is 5.18. The van der Waals surface area contributed by atoms with Gasteiger partial charge in [0.15, 0.2) is 0 Å². The quantitative estimate of drug-likeness (QED) is 0.522. The molecule has 1 radical (unpaired) electrons. The molecular weight excluding hydrogens is 116 g/mol. The van der Waals surface area contributed by atoms with Crippen LogP contribution < -0.4 is 0 Å². The standard InChI is InChI=1S/C7H11S/c1-4-6-7(5-2)8-3/h2,7H,1,4,6H2,3H3. The first-order chi connectivity index (χ1) is 3.85. The van der Waals surface area contributed by atoms with Gasteiger partial charge in [0.2, 0.25) is 0 Å². The fourth-order valence-corrected chi connectivity index (χ4v) is 0.993. The molecule has 0 bridgehead atoms. The van der Waals surface area contributed by atoms with Crippen molar-refractivity contribution in [1.29, 1.82) is 0 Å². The molecule has 1 atom stereocenters. The van der Waals surface area contributed by atoms with Gasteiger partial charge in [0.1, 0.15) is 0 Å². The van der Waals surface area contributed by atoms with Crippen molar-refractivity contribution in [2.24, 2.45) is 0 Å². The van der Waals surface area contributed by atoms with Crippen LogP contribution in [0.3, 0.4) is 0 Å². The molecule has 8 heavy (non-hydrogen) atoms. The third-order valence-corrected chi connectivity index (χ3v) is 1.88. The Labute approximate surface area is 56.1 Å². The fraction of sp³-hybridized carbons (Fsp3) is 0.571. The molecule has 1 unspecified atom stereocenters. The van der Waals surface area contributed by atoms with Crippen LogP contribution in [-0.2, 0) is 0 Å². The van der Waals surface area contributed by atoms with E-state index in [1.165, 1.54) is 0 Å². The molecule has 0 aromatic heterocycles. The Bertz CT molecular complexity index is 80.9. The highest BCUT2D eigenvalue weighted by Gasteiger charge is 1.97. The largest absolute Gasteiger partial charge is 0.149 e. The van der Waals surface area contributed by atoms with Gasteiger partial charge in [0.25, 0.3) is 0 Å². The van der Waals surface area contributed by atoms with Crippen molar-refractivity contribution in [2.75, 3.05) is 6.26 Å². The van der Waals surface area contributed by atoms with E-state index in [1.807, 2.05) is 6.26 Å². The normalized spacial score (nSPS) is 12.6. The van der Waals surface area contributed by atoms with Crippen LogP contribution in [0.25, 0.3) is 0 Å². The summed E-state index contributed by atoms with van der Waals surface area (Å²) >= 11 is 1.72. The van der Waals surface area contributed by atoms with Gasteiger partial charge in [-0.1, -0.05) is 19.3 Å². The third kappa shape index (κ3) is 2.98. The van der Waals surface area contributed by atoms with Crippen molar-refractivity contribution in [3.8, 4) is 12.3 Å². The van der Waals surface area contributed by atoms with E-state index in [4.69, 9.17) is 6.42 Å². The molecule has 0 aromatic rings. The Morgan fingerprint density at radius 2 is 2.50 bits per heavy atom. The maximum Gasteiger partial charge on any atom is 0.0651 e. The highest BCUT2D eigenvalue weighted by molar-refractivity contribution is 7.99. The van der Waals surface area contributed by atoms with E-state index in [0.717, 1.165) is 12.8 Å². The molecule has 0 rings (SSSR count). The Balaban J connectivity index is 3.26. The SMILES string of the molecule is C#CC(CC[CH2])SC. The van der Waals surface area contributed by atoms with E-state index in [-0.39, 0.29) is 0 Å². The highest BCUT2D eigenvalue weighted by atomic mass is 32.2. The second-order valence-electron chi connectivity index (χ2n) is 1.53. The summed E-state index contributed by atoms with van der Waals surface area (Å²) in [4.78, 5) is 0. The van der Waals surface area contributed by atoms with Crippen LogP contribution in [0.1, 0.15) is 12.8 Å². The van der Waals surface area contributed by atoms with Crippen LogP contribution in [0.2, 0.25) is 0 Å². The lowest BCUT2D eigenvalue weighted by Gasteiger charge is -2.01. The molecule has 0 aliphatic carbocycles. The Morgan fingerprint density at radius 3 is 2.62 bits per heavy atom. The van der Waals surface area contributed by atoms with Gasteiger partial charge in [-0.3, -0.25) is 0 Å². The van der Waals surface area contributed by atoms with E-state index in [1.54, 1.807) is 11.8 Å². The molecule has 1 heteroatoms. The summed E-state index contributed by atoms with van der Waals surface area (Å²) in [6.45, 7) is 3.71. The van der Waals surface area contributed by atoms with Gasteiger partial charge in [0, 0.05) is 0 Å². The number of hydrogen-bond donors (Lipinski definition) is 0. The summed E-state index contributed by atoms with van der Waals surface area (Å²) in [5.74, 6) is 2.68. The molecule has 0 nitrogen and oxygen atoms in total. The lowest BCUT2D eigenvalue weighted by Crippen LogP contribution is -1.95. The monoisotopic (exact) mass is 127 g/mol. The van der Waals surface area contributed by atoms with Crippen molar-refractivity contribution in [2.45, 2.75) is 18.1 Å². The lowest BCUT2D eigenvalue weighted by molar-refractivity contribution is 0.899. The van der Waals surface area contributed by atoms with Gasteiger partial charge in [-0.2, -0.15) is 0 Å². The van der Waals surface area contributed by atoms with Gasteiger partial charge in [-0.05, 0) is 12.7 Å². The van der Waals surface area contributed by atoms with Crippen LogP contribution in [-0.4, -0.2) is 11.5 Å². The van der Waals surface area contributed by atoms with Gasteiger partial charge >= 0.3 is 0 Å². The fourth-order valence-electron chi connectivity index (χ4n) is 0.455. The maximum absolute atomic E-state index is 5.17. The van der Waals surface area contributed by atoms with Crippen LogP contribution in [0, 0.1) is 19.3 Å². The van der Waals surface area contributed by atoms with Gasteiger partial charge in [-0.25, -0.2) is 0 Å². The number of terminal acetylenes is 1. The van der Waals surface area contributed by atoms with Gasteiger partial charge in [0.05, 0.1) is 5.25 Å². The molecule has 45 valence electrons. The van der Waals surface area contributed by atoms with E-state index in [9.17, 15) is 0 Å². The molecule has 0 spiro atoms. The first-order valence-corrected chi connectivity index (χ1v) is 3.92. The molecule has 0 heterocycles. The predicted octanol–water partition coefficient (Wildman–Crippen LogP) is 1.97. The lowest BCUT2D eigenvalue weighted by atomic mass is 10.2. The molecule has 0 N–H and O–H groups in total. The van der Waals surface area contributed by atoms with E-state index in [2.05, 4.69) is 12.8 Å². The smallest absolute Gasteiger partial charge is 0.0651 e. The van der Waals surface area contributed by atoms with Crippen molar-refractivity contribution in [1.82, 2.24) is 0 Å². The number of thioether (sulfide) groups is 1. The number of rotatable bonds is 3. The van der Waals surface area contributed by atoms with E-state index < -0.39 is 0 Å². The first-order valence-electron chi connectivity index (χ1n) is 2.63. The molecule has 0 aliphatic heterocycles. The first kappa shape index (κ1) is 7.91. The Morgan fingerprint density at radius 1 is 1.88 bits per heavy atom. The average Bonchev–Trinajstić information content (AvgIpc) is 1.83. The summed E-state index contributed by atoms with van der Waals surface area (Å²) in [5.41, 5.74) is 0. The van der Waals surface area contributed by atoms with Crippen molar-refractivity contribution < 1.29 is 0 Å². The Kier molecular flexibility index (Phi) is 5.00. The maximum atomic E-state index is 5.17. The van der Waals surface area contributed by atoms with E-state index >= 15 is 0 Å². The minimum Gasteiger partial charge on any atom is -0.149 e. The minimum atomic E-state index is 0.382. The summed E-state index contributed by atoms with van der Waals surface area (Å²) < 4.78 is 0. The zero-order valence-corrected chi connectivity index (χ0v) is 6.00. The molecule has 0 aromatic carbocycles. The zero-order chi connectivity index (χ0) is 6.41. The van der Waals surface area contributed by atoms with Gasteiger partial charge in [-0.15, -0.1) is 18.2 Å². The van der Waals surface area contributed by atoms with Crippen LogP contribution in [0.4, 0.5) is 0 Å². The summed E-state index contributed by atoms with van der Waals surface area (Å²) in [6.07, 6.45) is 9.18. The number of hydrogen-bond acceptors (Lipinski definition) is 1. The van der Waals surface area contributed by atoms with Crippen molar-refractivity contribution in [3.05, 3.63) is 6.92 Å². The van der Waals surface area contributed by atoms with Crippen LogP contribution in [0.15, 0.2) is 0 Å². The topological polar surface area (TPSA) is 0 Å². The third-order valence-electron chi connectivity index (χ3n) is 0.937. The molecular formula is C7H11S. The van der Waals surface area contributed by atoms with Gasteiger partial charge < -0.3 is 0 Å². The van der Waals surface area contributed by atoms with Crippen molar-refractivity contribution >= 4 is 11.8 Å². The Hall–Kier alpha value is -0.0900. The second-order valence-corrected chi connectivity index (χ2v) is 2.57. The molecule has 0 fully saturated rings. The summed E-state index contributed by atoms with van der Waals surface area (Å²) in [7, 11) is 0. The molecule has 0 aliphatic rings. The molecule has 0 saturated heterocycles. The average molecular weight is 127 g/mol. The van der Waals surface area contributed by atoms with Crippen LogP contribution in [0.5, 0.6) is 0 Å². The van der Waals surface area contributed by atoms with Crippen molar-refractivity contribution in [3.63, 3.8) is 0 Å². The predicted molar refractivity (Wildman–Crippen MR) is 40.7 cm³/mol. The molecule has 0 amide bonds. The highest BCUT2D eigenvalue weighted by Crippen LogP contribution is 2.10. The van der Waals surface area contributed by atoms with Crippen LogP contribution >= 0.6 is 11.8 Å².